The molecule has 7 nitrogen and oxygen atoms in total. The van der Waals surface area contributed by atoms with Crippen molar-refractivity contribution < 1.29 is 12.8 Å². The molecule has 0 aliphatic carbocycles. The molecule has 0 spiro atoms. The lowest BCUT2D eigenvalue weighted by atomic mass is 10.1. The van der Waals surface area contributed by atoms with Gasteiger partial charge < -0.3 is 10.6 Å². The summed E-state index contributed by atoms with van der Waals surface area (Å²) in [6, 6.07) is 6.30. The number of aliphatic imine (C=N–C) groups is 1. The Morgan fingerprint density at radius 1 is 1.41 bits per heavy atom. The fourth-order valence-electron chi connectivity index (χ4n) is 2.81. The molecule has 0 atom stereocenters. The molecule has 0 radical (unpaired) electrons. The highest BCUT2D eigenvalue weighted by Gasteiger charge is 2.27. The monoisotopic (exact) mass is 509 g/mol. The van der Waals surface area contributed by atoms with Crippen molar-refractivity contribution in [2.45, 2.75) is 32.4 Å². The second-order valence-corrected chi connectivity index (χ2v) is 8.32. The molecule has 150 valence electrons. The SMILES string of the molecule is CCS(=O)(=O)N1CCC(NC(=NC)NCc2cc(C#N)ccc2F)CC1.I. The second-order valence-electron chi connectivity index (χ2n) is 6.06. The van der Waals surface area contributed by atoms with Gasteiger partial charge in [-0.1, -0.05) is 0 Å². The van der Waals surface area contributed by atoms with Crippen LogP contribution in [-0.2, 0) is 16.6 Å². The molecule has 2 rings (SSSR count). The summed E-state index contributed by atoms with van der Waals surface area (Å²) < 4.78 is 39.1. The number of sulfonamides is 1. The summed E-state index contributed by atoms with van der Waals surface area (Å²) in [6.07, 6.45) is 1.36. The van der Waals surface area contributed by atoms with E-state index in [9.17, 15) is 12.8 Å². The molecule has 0 aromatic heterocycles. The number of benzene rings is 1. The normalized spacial score (nSPS) is 16.3. The molecule has 1 heterocycles. The van der Waals surface area contributed by atoms with E-state index >= 15 is 0 Å². The Balaban J connectivity index is 0.00000364. The van der Waals surface area contributed by atoms with Gasteiger partial charge in [-0.3, -0.25) is 4.99 Å². The predicted molar refractivity (Wildman–Crippen MR) is 114 cm³/mol. The van der Waals surface area contributed by atoms with Gasteiger partial charge in [-0.05, 0) is 38.0 Å². The molecule has 0 amide bonds. The predicted octanol–water partition coefficient (Wildman–Crippen LogP) is 1.79. The number of nitrogens with one attached hydrogen (secondary N) is 2. The Kier molecular flexibility index (Phi) is 9.41. The van der Waals surface area contributed by atoms with E-state index in [0.29, 0.717) is 43.0 Å². The average molecular weight is 509 g/mol. The van der Waals surface area contributed by atoms with E-state index in [2.05, 4.69) is 15.6 Å². The summed E-state index contributed by atoms with van der Waals surface area (Å²) in [4.78, 5) is 4.13. The number of halogens is 2. The van der Waals surface area contributed by atoms with Crippen LogP contribution in [0.4, 0.5) is 4.39 Å². The van der Waals surface area contributed by atoms with Crippen molar-refractivity contribution in [3.05, 3.63) is 35.1 Å². The molecule has 1 aromatic rings. The summed E-state index contributed by atoms with van der Waals surface area (Å²) in [7, 11) is -1.53. The lowest BCUT2D eigenvalue weighted by molar-refractivity contribution is 0.306. The molecular weight excluding hydrogens is 484 g/mol. The zero-order valence-corrected chi connectivity index (χ0v) is 18.6. The van der Waals surface area contributed by atoms with Crippen molar-refractivity contribution >= 4 is 40.0 Å². The Morgan fingerprint density at radius 3 is 2.63 bits per heavy atom. The maximum atomic E-state index is 13.8. The maximum absolute atomic E-state index is 13.8. The zero-order chi connectivity index (χ0) is 19.2. The number of hydrogen-bond donors (Lipinski definition) is 2. The standard InChI is InChI=1S/C17H24FN5O2S.HI/c1-3-26(24,25)23-8-6-15(7-9-23)22-17(20-2)21-12-14-10-13(11-19)4-5-16(14)18;/h4-5,10,15H,3,6-9,12H2,1-2H3,(H2,20,21,22);1H. The summed E-state index contributed by atoms with van der Waals surface area (Å²) >= 11 is 0. The van der Waals surface area contributed by atoms with Crippen LogP contribution in [0.15, 0.2) is 23.2 Å². The first kappa shape index (κ1) is 23.6. The van der Waals surface area contributed by atoms with Gasteiger partial charge in [-0.15, -0.1) is 24.0 Å². The first-order valence-electron chi connectivity index (χ1n) is 8.53. The quantitative estimate of drug-likeness (QED) is 0.359. The molecule has 10 heteroatoms. The van der Waals surface area contributed by atoms with E-state index in [-0.39, 0.29) is 48.1 Å². The summed E-state index contributed by atoms with van der Waals surface area (Å²) in [5, 5.41) is 15.2. The van der Waals surface area contributed by atoms with Crippen LogP contribution in [0, 0.1) is 17.1 Å². The lowest BCUT2D eigenvalue weighted by Crippen LogP contribution is -2.49. The first-order chi connectivity index (χ1) is 12.4. The average Bonchev–Trinajstić information content (AvgIpc) is 2.66. The van der Waals surface area contributed by atoms with Crippen LogP contribution in [0.3, 0.4) is 0 Å². The third-order valence-electron chi connectivity index (χ3n) is 4.40. The van der Waals surface area contributed by atoms with Crippen molar-refractivity contribution in [2.24, 2.45) is 4.99 Å². The van der Waals surface area contributed by atoms with Gasteiger partial charge in [0.15, 0.2) is 5.96 Å². The third kappa shape index (κ3) is 6.58. The molecule has 0 unspecified atom stereocenters. The number of nitriles is 1. The minimum absolute atomic E-state index is 0. The van der Waals surface area contributed by atoms with Gasteiger partial charge in [0.1, 0.15) is 5.82 Å². The fraction of sp³-hybridized carbons (Fsp3) is 0.529. The largest absolute Gasteiger partial charge is 0.354 e. The molecule has 1 aliphatic rings. The van der Waals surface area contributed by atoms with E-state index in [1.54, 1.807) is 14.0 Å². The Hall–Kier alpha value is -1.45. The molecule has 27 heavy (non-hydrogen) atoms. The summed E-state index contributed by atoms with van der Waals surface area (Å²) in [5.74, 6) is 0.246. The third-order valence-corrected chi connectivity index (χ3v) is 6.28. The highest BCUT2D eigenvalue weighted by Crippen LogP contribution is 2.14. The fourth-order valence-corrected chi connectivity index (χ4v) is 3.94. The Bertz CT molecular complexity index is 802. The van der Waals surface area contributed by atoms with Crippen molar-refractivity contribution in [3.63, 3.8) is 0 Å². The van der Waals surface area contributed by atoms with Gasteiger partial charge >= 0.3 is 0 Å². The molecule has 1 fully saturated rings. The van der Waals surface area contributed by atoms with Crippen molar-refractivity contribution in [3.8, 4) is 6.07 Å². The van der Waals surface area contributed by atoms with Crippen LogP contribution in [0.2, 0.25) is 0 Å². The van der Waals surface area contributed by atoms with Crippen molar-refractivity contribution in [1.29, 1.82) is 5.26 Å². The molecule has 0 saturated carbocycles. The maximum Gasteiger partial charge on any atom is 0.213 e. The minimum atomic E-state index is -3.14. The summed E-state index contributed by atoms with van der Waals surface area (Å²) in [6.45, 7) is 2.79. The number of nitrogens with zero attached hydrogens (tertiary/aromatic N) is 3. The smallest absolute Gasteiger partial charge is 0.213 e. The molecule has 1 aliphatic heterocycles. The van der Waals surface area contributed by atoms with Crippen LogP contribution in [0.1, 0.15) is 30.9 Å². The van der Waals surface area contributed by atoms with E-state index in [1.165, 1.54) is 22.5 Å². The number of guanidine groups is 1. The van der Waals surface area contributed by atoms with Gasteiger partial charge in [0.2, 0.25) is 10.0 Å². The van der Waals surface area contributed by atoms with E-state index < -0.39 is 10.0 Å². The van der Waals surface area contributed by atoms with E-state index in [4.69, 9.17) is 5.26 Å². The van der Waals surface area contributed by atoms with Gasteiger partial charge in [0.05, 0.1) is 17.4 Å². The number of rotatable bonds is 5. The topological polar surface area (TPSA) is 97.6 Å². The van der Waals surface area contributed by atoms with Crippen LogP contribution < -0.4 is 10.6 Å². The van der Waals surface area contributed by atoms with Crippen molar-refractivity contribution in [2.75, 3.05) is 25.9 Å². The number of hydrogen-bond acceptors (Lipinski definition) is 4. The minimum Gasteiger partial charge on any atom is -0.354 e. The zero-order valence-electron chi connectivity index (χ0n) is 15.4. The second kappa shape index (κ2) is 10.8. The Morgan fingerprint density at radius 2 is 2.07 bits per heavy atom. The van der Waals surface area contributed by atoms with Crippen LogP contribution in [0.25, 0.3) is 0 Å². The summed E-state index contributed by atoms with van der Waals surface area (Å²) in [5.41, 5.74) is 0.784. The molecule has 1 aromatic carbocycles. The van der Waals surface area contributed by atoms with Gasteiger partial charge in [0.25, 0.3) is 0 Å². The highest BCUT2D eigenvalue weighted by atomic mass is 127. The van der Waals surface area contributed by atoms with Gasteiger partial charge in [-0.25, -0.2) is 17.1 Å². The first-order valence-corrected chi connectivity index (χ1v) is 10.1. The van der Waals surface area contributed by atoms with Crippen LogP contribution in [-0.4, -0.2) is 50.6 Å². The molecule has 2 N–H and O–H groups in total. The molecular formula is C17H25FIN5O2S. The van der Waals surface area contributed by atoms with Crippen LogP contribution >= 0.6 is 24.0 Å². The van der Waals surface area contributed by atoms with Gasteiger partial charge in [-0.2, -0.15) is 5.26 Å². The highest BCUT2D eigenvalue weighted by molar-refractivity contribution is 14.0. The number of piperidine rings is 1. The lowest BCUT2D eigenvalue weighted by Gasteiger charge is -2.32. The van der Waals surface area contributed by atoms with E-state index in [0.717, 1.165) is 0 Å². The molecule has 1 saturated heterocycles. The Labute approximate surface area is 177 Å². The van der Waals surface area contributed by atoms with E-state index in [1.807, 2.05) is 6.07 Å². The molecule has 0 bridgehead atoms. The van der Waals surface area contributed by atoms with Crippen molar-refractivity contribution in [1.82, 2.24) is 14.9 Å². The van der Waals surface area contributed by atoms with Crippen LogP contribution in [0.5, 0.6) is 0 Å². The van der Waals surface area contributed by atoms with Gasteiger partial charge in [0, 0.05) is 38.3 Å².